The number of aromatic nitrogens is 2. The van der Waals surface area contributed by atoms with E-state index in [-0.39, 0.29) is 0 Å². The normalized spacial score (nSPS) is 11.2. The van der Waals surface area contributed by atoms with Gasteiger partial charge in [-0.15, -0.1) is 0 Å². The Labute approximate surface area is 168 Å². The quantitative estimate of drug-likeness (QED) is 0.300. The Kier molecular flexibility index (Phi) is 5.47. The highest BCUT2D eigenvalue weighted by Crippen LogP contribution is 2.29. The third-order valence-corrected chi connectivity index (χ3v) is 4.38. The van der Waals surface area contributed by atoms with Crippen LogP contribution in [0.5, 0.6) is 0 Å². The average Bonchev–Trinajstić information content (AvgIpc) is 3.39. The predicted molar refractivity (Wildman–Crippen MR) is 111 cm³/mol. The Morgan fingerprint density at radius 3 is 1.90 bits per heavy atom. The number of anilines is 1. The molecule has 1 N–H and O–H groups in total. The van der Waals surface area contributed by atoms with E-state index in [2.05, 4.69) is 25.7 Å². The molecule has 0 spiro atoms. The first-order chi connectivity index (χ1) is 14.3. The van der Waals surface area contributed by atoms with E-state index in [0.717, 1.165) is 22.5 Å². The Morgan fingerprint density at radius 1 is 0.759 bits per heavy atom. The third kappa shape index (κ3) is 4.08. The Hall–Kier alpha value is -3.74. The Morgan fingerprint density at radius 2 is 1.31 bits per heavy atom. The first-order valence-electron chi connectivity index (χ1n) is 9.55. The van der Waals surface area contributed by atoms with Gasteiger partial charge >= 0.3 is 0 Å². The van der Waals surface area contributed by atoms with E-state index in [1.54, 1.807) is 0 Å². The molecule has 0 atom stereocenters. The molecule has 2 heterocycles. The predicted octanol–water partition coefficient (Wildman–Crippen LogP) is 6.23. The highest BCUT2D eigenvalue weighted by Gasteiger charge is 2.15. The van der Waals surface area contributed by atoms with Crippen LogP contribution in [0.15, 0.2) is 79.8 Å². The molecule has 0 aliphatic rings. The standard InChI is InChI=1S/C22H21N5O2/c1-3-17-21(28-19(23-17)15-11-7-5-8-12-15)25-27-26-22-18(4-2)24-20(29-22)16-13-9-6-10-14-16/h5-14H,3-4H2,1-2H3,(H,25,26). The third-order valence-electron chi connectivity index (χ3n) is 4.38. The Balaban J connectivity index is 1.55. The van der Waals surface area contributed by atoms with Gasteiger partial charge in [-0.2, -0.15) is 0 Å². The van der Waals surface area contributed by atoms with Gasteiger partial charge in [-0.05, 0) is 37.1 Å². The maximum absolute atomic E-state index is 5.84. The van der Waals surface area contributed by atoms with Crippen molar-refractivity contribution in [3.05, 3.63) is 72.1 Å². The van der Waals surface area contributed by atoms with Crippen molar-refractivity contribution in [3.8, 4) is 22.9 Å². The zero-order valence-electron chi connectivity index (χ0n) is 16.3. The van der Waals surface area contributed by atoms with Crippen LogP contribution < -0.4 is 5.43 Å². The van der Waals surface area contributed by atoms with Gasteiger partial charge in [-0.25, -0.2) is 15.4 Å². The summed E-state index contributed by atoms with van der Waals surface area (Å²) < 4.78 is 11.6. The summed E-state index contributed by atoms with van der Waals surface area (Å²) in [5, 5.41) is 8.22. The second-order valence-corrected chi connectivity index (χ2v) is 6.32. The lowest BCUT2D eigenvalue weighted by atomic mass is 10.2. The first kappa shape index (κ1) is 18.6. The second-order valence-electron chi connectivity index (χ2n) is 6.32. The molecule has 7 heteroatoms. The second kappa shape index (κ2) is 8.52. The topological polar surface area (TPSA) is 88.8 Å². The molecule has 0 bridgehead atoms. The lowest BCUT2D eigenvalue weighted by Crippen LogP contribution is -1.90. The number of aryl methyl sites for hydroxylation is 2. The van der Waals surface area contributed by atoms with Crippen LogP contribution in [0.4, 0.5) is 11.8 Å². The van der Waals surface area contributed by atoms with E-state index in [0.29, 0.717) is 36.4 Å². The maximum Gasteiger partial charge on any atom is 0.264 e. The minimum absolute atomic E-state index is 0.375. The number of benzene rings is 2. The maximum atomic E-state index is 5.84. The zero-order chi connectivity index (χ0) is 20.1. The van der Waals surface area contributed by atoms with Gasteiger partial charge in [0, 0.05) is 11.1 Å². The molecule has 4 rings (SSSR count). The van der Waals surface area contributed by atoms with E-state index in [4.69, 9.17) is 8.83 Å². The van der Waals surface area contributed by atoms with Gasteiger partial charge in [0.2, 0.25) is 17.7 Å². The minimum atomic E-state index is 0.375. The smallest absolute Gasteiger partial charge is 0.264 e. The van der Waals surface area contributed by atoms with E-state index < -0.39 is 0 Å². The lowest BCUT2D eigenvalue weighted by molar-refractivity contribution is 0.570. The molecule has 0 saturated carbocycles. The Bertz CT molecular complexity index is 1100. The minimum Gasteiger partial charge on any atom is -0.419 e. The molecule has 0 fully saturated rings. The van der Waals surface area contributed by atoms with Crippen molar-refractivity contribution in [2.45, 2.75) is 26.7 Å². The summed E-state index contributed by atoms with van der Waals surface area (Å²) in [5.41, 5.74) is 6.17. The summed E-state index contributed by atoms with van der Waals surface area (Å²) in [6, 6.07) is 19.4. The average molecular weight is 387 g/mol. The highest BCUT2D eigenvalue weighted by molar-refractivity contribution is 5.57. The van der Waals surface area contributed by atoms with Crippen LogP contribution in [-0.2, 0) is 12.8 Å². The van der Waals surface area contributed by atoms with Gasteiger partial charge in [0.1, 0.15) is 11.4 Å². The van der Waals surface area contributed by atoms with Crippen LogP contribution in [0.2, 0.25) is 0 Å². The summed E-state index contributed by atoms with van der Waals surface area (Å²) in [6.07, 6.45) is 1.39. The first-order valence-corrected chi connectivity index (χ1v) is 9.55. The number of rotatable bonds is 7. The van der Waals surface area contributed by atoms with Crippen molar-refractivity contribution in [2.75, 3.05) is 5.43 Å². The highest BCUT2D eigenvalue weighted by atomic mass is 16.4. The molecule has 0 unspecified atom stereocenters. The summed E-state index contributed by atoms with van der Waals surface area (Å²) in [4.78, 5) is 9.05. The van der Waals surface area contributed by atoms with Crippen molar-refractivity contribution in [3.63, 3.8) is 0 Å². The van der Waals surface area contributed by atoms with E-state index >= 15 is 0 Å². The van der Waals surface area contributed by atoms with Gasteiger partial charge in [0.05, 0.1) is 0 Å². The largest absolute Gasteiger partial charge is 0.419 e. The van der Waals surface area contributed by atoms with Crippen molar-refractivity contribution in [1.29, 1.82) is 0 Å². The molecule has 0 saturated heterocycles. The lowest BCUT2D eigenvalue weighted by Gasteiger charge is -1.95. The molecule has 0 aliphatic carbocycles. The molecule has 0 radical (unpaired) electrons. The molecule has 2 aromatic carbocycles. The van der Waals surface area contributed by atoms with Crippen molar-refractivity contribution in [1.82, 2.24) is 9.97 Å². The molecule has 0 amide bonds. The number of hydrogen-bond acceptors (Lipinski definition) is 6. The van der Waals surface area contributed by atoms with E-state index in [9.17, 15) is 0 Å². The summed E-state index contributed by atoms with van der Waals surface area (Å²) in [5.74, 6) is 1.91. The van der Waals surface area contributed by atoms with Gasteiger partial charge in [-0.3, -0.25) is 0 Å². The number of nitrogens with one attached hydrogen (secondary N) is 1. The zero-order valence-corrected chi connectivity index (χ0v) is 16.3. The van der Waals surface area contributed by atoms with Crippen molar-refractivity contribution in [2.24, 2.45) is 10.3 Å². The summed E-state index contributed by atoms with van der Waals surface area (Å²) in [7, 11) is 0. The van der Waals surface area contributed by atoms with Crippen molar-refractivity contribution >= 4 is 11.8 Å². The van der Waals surface area contributed by atoms with Gasteiger partial charge in [0.25, 0.3) is 5.88 Å². The molecule has 7 nitrogen and oxygen atoms in total. The molecular formula is C22H21N5O2. The summed E-state index contributed by atoms with van der Waals surface area (Å²) >= 11 is 0. The SMILES string of the molecule is CCc1nc(-c2ccccc2)oc1N=NNc1oc(-c2ccccc2)nc1CC. The number of hydrogen-bond donors (Lipinski definition) is 1. The van der Waals surface area contributed by atoms with Gasteiger partial charge in [0.15, 0.2) is 0 Å². The van der Waals surface area contributed by atoms with Gasteiger partial charge in [-0.1, -0.05) is 60.6 Å². The molecule has 4 aromatic rings. The molecule has 2 aromatic heterocycles. The van der Waals surface area contributed by atoms with Crippen LogP contribution in [-0.4, -0.2) is 9.97 Å². The van der Waals surface area contributed by atoms with Crippen molar-refractivity contribution < 1.29 is 8.83 Å². The molecule has 29 heavy (non-hydrogen) atoms. The fourth-order valence-corrected chi connectivity index (χ4v) is 2.86. The van der Waals surface area contributed by atoms with Crippen LogP contribution in [0.1, 0.15) is 25.2 Å². The van der Waals surface area contributed by atoms with Crippen LogP contribution >= 0.6 is 0 Å². The van der Waals surface area contributed by atoms with E-state index in [1.807, 2.05) is 74.5 Å². The molecule has 146 valence electrons. The summed E-state index contributed by atoms with van der Waals surface area (Å²) in [6.45, 7) is 4.00. The number of oxazole rings is 2. The molecular weight excluding hydrogens is 366 g/mol. The monoisotopic (exact) mass is 387 g/mol. The van der Waals surface area contributed by atoms with E-state index in [1.165, 1.54) is 0 Å². The fourth-order valence-electron chi connectivity index (χ4n) is 2.86. The van der Waals surface area contributed by atoms with Crippen LogP contribution in [0, 0.1) is 0 Å². The fraction of sp³-hybridized carbons (Fsp3) is 0.182. The molecule has 0 aliphatic heterocycles. The van der Waals surface area contributed by atoms with Crippen LogP contribution in [0.3, 0.4) is 0 Å². The van der Waals surface area contributed by atoms with Crippen LogP contribution in [0.25, 0.3) is 22.9 Å². The number of nitrogens with zero attached hydrogens (tertiary/aromatic N) is 4. The van der Waals surface area contributed by atoms with Gasteiger partial charge < -0.3 is 8.83 Å².